The van der Waals surface area contributed by atoms with Crippen LogP contribution in [0.2, 0.25) is 0 Å². The number of hydrogen-bond acceptors (Lipinski definition) is 3. The summed E-state index contributed by atoms with van der Waals surface area (Å²) in [6.45, 7) is 0. The fraction of sp³-hybridized carbons (Fsp3) is 0. The van der Waals surface area contributed by atoms with Crippen LogP contribution in [0.4, 0.5) is 0 Å². The molecule has 0 aliphatic carbocycles. The first kappa shape index (κ1) is 17.4. The molecule has 0 aliphatic rings. The topological polar surface area (TPSA) is 38.9 Å². The Bertz CT molecular complexity index is 1550. The smallest absolute Gasteiger partial charge is 0.136 e. The Morgan fingerprint density at radius 2 is 1.17 bits per heavy atom. The Morgan fingerprint density at radius 3 is 1.90 bits per heavy atom. The summed E-state index contributed by atoms with van der Waals surface area (Å²) in [4.78, 5) is 9.94. The molecule has 2 heterocycles. The van der Waals surface area contributed by atoms with Gasteiger partial charge in [-0.15, -0.1) is 0 Å². The number of para-hydroxylation sites is 2. The Hall–Kier alpha value is -3.50. The highest BCUT2D eigenvalue weighted by molar-refractivity contribution is 9.10. The van der Waals surface area contributed by atoms with Crippen molar-refractivity contribution in [3.63, 3.8) is 0 Å². The first-order chi connectivity index (χ1) is 14.8. The fourth-order valence-electron chi connectivity index (χ4n) is 3.90. The summed E-state index contributed by atoms with van der Waals surface area (Å²) in [6.07, 6.45) is 0. The van der Waals surface area contributed by atoms with Gasteiger partial charge in [-0.2, -0.15) is 0 Å². The zero-order valence-electron chi connectivity index (χ0n) is 15.8. The largest absolute Gasteiger partial charge is 0.456 e. The van der Waals surface area contributed by atoms with Gasteiger partial charge < -0.3 is 4.42 Å². The van der Waals surface area contributed by atoms with Gasteiger partial charge in [0.25, 0.3) is 0 Å². The van der Waals surface area contributed by atoms with Crippen LogP contribution in [-0.4, -0.2) is 9.97 Å². The van der Waals surface area contributed by atoms with E-state index < -0.39 is 0 Å². The van der Waals surface area contributed by atoms with Crippen LogP contribution in [0.1, 0.15) is 0 Å². The molecular weight excluding hydrogens is 436 g/mol. The van der Waals surface area contributed by atoms with Gasteiger partial charge in [-0.05, 0) is 42.5 Å². The highest BCUT2D eigenvalue weighted by Gasteiger charge is 2.15. The summed E-state index contributed by atoms with van der Waals surface area (Å²) in [5, 5.41) is 2.20. The molecule has 4 heteroatoms. The molecule has 0 spiro atoms. The first-order valence-electron chi connectivity index (χ1n) is 9.71. The van der Waals surface area contributed by atoms with Crippen LogP contribution >= 0.6 is 15.9 Å². The molecule has 30 heavy (non-hydrogen) atoms. The van der Waals surface area contributed by atoms with E-state index in [1.54, 1.807) is 0 Å². The van der Waals surface area contributed by atoms with Crippen LogP contribution in [0.3, 0.4) is 0 Å². The van der Waals surface area contributed by atoms with Crippen LogP contribution in [0.25, 0.3) is 55.5 Å². The van der Waals surface area contributed by atoms with E-state index in [2.05, 4.69) is 52.3 Å². The number of halogens is 1. The second kappa shape index (κ2) is 6.78. The zero-order valence-corrected chi connectivity index (χ0v) is 17.4. The third kappa shape index (κ3) is 2.80. The molecule has 0 saturated carbocycles. The molecule has 4 aromatic carbocycles. The number of aromatic nitrogens is 2. The van der Waals surface area contributed by atoms with E-state index in [4.69, 9.17) is 14.4 Å². The molecule has 3 nitrogen and oxygen atoms in total. The molecule has 0 aliphatic heterocycles. The second-order valence-corrected chi connectivity index (χ2v) is 8.14. The Kier molecular flexibility index (Phi) is 3.93. The van der Waals surface area contributed by atoms with Crippen molar-refractivity contribution in [3.8, 4) is 22.5 Å². The molecule has 2 aromatic heterocycles. The second-order valence-electron chi connectivity index (χ2n) is 7.23. The summed E-state index contributed by atoms with van der Waals surface area (Å²) in [6, 6.07) is 30.6. The molecule has 0 saturated heterocycles. The molecule has 0 bridgehead atoms. The average Bonchev–Trinajstić information content (AvgIpc) is 3.15. The summed E-state index contributed by atoms with van der Waals surface area (Å²) in [5.41, 5.74) is 7.21. The van der Waals surface area contributed by atoms with Crippen molar-refractivity contribution >= 4 is 48.9 Å². The van der Waals surface area contributed by atoms with Crippen molar-refractivity contribution in [2.24, 2.45) is 0 Å². The van der Waals surface area contributed by atoms with Gasteiger partial charge >= 0.3 is 0 Å². The van der Waals surface area contributed by atoms with E-state index in [0.717, 1.165) is 60.0 Å². The van der Waals surface area contributed by atoms with Crippen LogP contribution in [0.15, 0.2) is 99.9 Å². The van der Waals surface area contributed by atoms with Crippen LogP contribution in [-0.2, 0) is 0 Å². The van der Waals surface area contributed by atoms with Crippen molar-refractivity contribution in [1.82, 2.24) is 9.97 Å². The number of hydrogen-bond donors (Lipinski definition) is 0. The minimum atomic E-state index is 0.842. The first-order valence-corrected chi connectivity index (χ1v) is 10.5. The van der Waals surface area contributed by atoms with Gasteiger partial charge in [0, 0.05) is 26.4 Å². The highest BCUT2D eigenvalue weighted by atomic mass is 79.9. The Morgan fingerprint density at radius 1 is 0.567 bits per heavy atom. The predicted octanol–water partition coefficient (Wildman–Crippen LogP) is 7.63. The van der Waals surface area contributed by atoms with Crippen molar-refractivity contribution < 1.29 is 4.42 Å². The minimum Gasteiger partial charge on any atom is -0.456 e. The number of fused-ring (bicyclic) bond motifs is 4. The number of rotatable bonds is 2. The summed E-state index contributed by atoms with van der Waals surface area (Å²) in [7, 11) is 0. The third-order valence-corrected chi connectivity index (χ3v) is 5.82. The monoisotopic (exact) mass is 450 g/mol. The van der Waals surface area contributed by atoms with Gasteiger partial charge in [-0.3, -0.25) is 0 Å². The molecule has 6 aromatic rings. The number of furan rings is 1. The quantitative estimate of drug-likeness (QED) is 0.272. The van der Waals surface area contributed by atoms with E-state index in [1.807, 2.05) is 54.6 Å². The molecule has 0 radical (unpaired) electrons. The maximum Gasteiger partial charge on any atom is 0.136 e. The fourth-order valence-corrected chi connectivity index (χ4v) is 4.24. The molecule has 142 valence electrons. The number of nitrogens with zero attached hydrogens (tertiary/aromatic N) is 2. The Labute approximate surface area is 181 Å². The molecule has 0 unspecified atom stereocenters. The molecule has 6 rings (SSSR count). The van der Waals surface area contributed by atoms with E-state index in [1.165, 1.54) is 0 Å². The molecule has 0 atom stereocenters. The third-order valence-electron chi connectivity index (χ3n) is 5.33. The summed E-state index contributed by atoms with van der Waals surface area (Å²) >= 11 is 3.52. The molecule has 0 amide bonds. The Balaban J connectivity index is 1.63. The number of benzene rings is 4. The predicted molar refractivity (Wildman–Crippen MR) is 125 cm³/mol. The standard InChI is InChI=1S/C26H15BrN2O/c27-18-11-13-20-19-12-10-17(14-23(19)30-24(20)15-18)26-25(16-6-2-1-3-7-16)28-21-8-4-5-9-22(21)29-26/h1-15H. The van der Waals surface area contributed by atoms with Crippen LogP contribution in [0, 0.1) is 0 Å². The van der Waals surface area contributed by atoms with E-state index in [-0.39, 0.29) is 0 Å². The van der Waals surface area contributed by atoms with Gasteiger partial charge in [0.1, 0.15) is 11.2 Å². The minimum absolute atomic E-state index is 0.842. The lowest BCUT2D eigenvalue weighted by Crippen LogP contribution is -1.95. The van der Waals surface area contributed by atoms with Crippen molar-refractivity contribution in [3.05, 3.63) is 95.5 Å². The van der Waals surface area contributed by atoms with Crippen molar-refractivity contribution in [2.75, 3.05) is 0 Å². The van der Waals surface area contributed by atoms with E-state index in [0.29, 0.717) is 0 Å². The van der Waals surface area contributed by atoms with Crippen molar-refractivity contribution in [2.45, 2.75) is 0 Å². The van der Waals surface area contributed by atoms with Gasteiger partial charge in [-0.1, -0.05) is 64.5 Å². The molecular formula is C26H15BrN2O. The zero-order chi connectivity index (χ0) is 20.1. The average molecular weight is 451 g/mol. The van der Waals surface area contributed by atoms with Gasteiger partial charge in [0.05, 0.1) is 22.4 Å². The van der Waals surface area contributed by atoms with E-state index in [9.17, 15) is 0 Å². The lowest BCUT2D eigenvalue weighted by Gasteiger charge is -2.10. The van der Waals surface area contributed by atoms with Crippen molar-refractivity contribution in [1.29, 1.82) is 0 Å². The van der Waals surface area contributed by atoms with Gasteiger partial charge in [-0.25, -0.2) is 9.97 Å². The molecule has 0 N–H and O–H groups in total. The SMILES string of the molecule is Brc1ccc2c(c1)oc1cc(-c3nc4ccccc4nc3-c3ccccc3)ccc12. The van der Waals surface area contributed by atoms with Gasteiger partial charge in [0.2, 0.25) is 0 Å². The van der Waals surface area contributed by atoms with E-state index >= 15 is 0 Å². The normalized spacial score (nSPS) is 11.5. The summed E-state index contributed by atoms with van der Waals surface area (Å²) < 4.78 is 7.15. The van der Waals surface area contributed by atoms with Crippen LogP contribution < -0.4 is 0 Å². The van der Waals surface area contributed by atoms with Crippen LogP contribution in [0.5, 0.6) is 0 Å². The molecule has 0 fully saturated rings. The summed E-state index contributed by atoms with van der Waals surface area (Å²) in [5.74, 6) is 0. The highest BCUT2D eigenvalue weighted by Crippen LogP contribution is 2.36. The lowest BCUT2D eigenvalue weighted by atomic mass is 10.0. The lowest BCUT2D eigenvalue weighted by molar-refractivity contribution is 0.669. The maximum atomic E-state index is 6.15. The maximum absolute atomic E-state index is 6.15. The van der Waals surface area contributed by atoms with Gasteiger partial charge in [0.15, 0.2) is 0 Å².